The van der Waals surface area contributed by atoms with E-state index in [9.17, 15) is 5.11 Å². The fourth-order valence-corrected chi connectivity index (χ4v) is 2.35. The first kappa shape index (κ1) is 10.4. The summed E-state index contributed by atoms with van der Waals surface area (Å²) in [6.07, 6.45) is 5.11. The van der Waals surface area contributed by atoms with Crippen molar-refractivity contribution >= 4 is 0 Å². The van der Waals surface area contributed by atoms with Crippen LogP contribution in [-0.2, 0) is 0 Å². The molecule has 1 aliphatic heterocycles. The number of aliphatic hydroxyl groups excluding tert-OH is 1. The molecule has 0 radical (unpaired) electrons. The topological polar surface area (TPSA) is 35.5 Å². The molecule has 82 valence electrons. The molecule has 1 aliphatic carbocycles. The van der Waals surface area contributed by atoms with Crippen molar-refractivity contribution in [2.45, 2.75) is 50.8 Å². The van der Waals surface area contributed by atoms with E-state index in [1.165, 1.54) is 32.2 Å². The van der Waals surface area contributed by atoms with Crippen molar-refractivity contribution in [1.29, 1.82) is 0 Å². The van der Waals surface area contributed by atoms with Crippen LogP contribution in [0.4, 0.5) is 0 Å². The normalized spacial score (nSPS) is 29.8. The highest BCUT2D eigenvalue weighted by Crippen LogP contribution is 2.27. The van der Waals surface area contributed by atoms with Gasteiger partial charge in [-0.05, 0) is 39.2 Å². The zero-order valence-electron chi connectivity index (χ0n) is 9.08. The molecule has 2 rings (SSSR count). The molecule has 1 heterocycles. The molecular formula is C11H22N2O. The van der Waals surface area contributed by atoms with Gasteiger partial charge in [0.05, 0.1) is 6.10 Å². The summed E-state index contributed by atoms with van der Waals surface area (Å²) >= 11 is 0. The molecule has 2 aliphatic rings. The van der Waals surface area contributed by atoms with Gasteiger partial charge in [0, 0.05) is 25.2 Å². The lowest BCUT2D eigenvalue weighted by Crippen LogP contribution is -2.41. The number of hydrogen-bond donors (Lipinski definition) is 2. The van der Waals surface area contributed by atoms with Crippen molar-refractivity contribution in [3.05, 3.63) is 0 Å². The summed E-state index contributed by atoms with van der Waals surface area (Å²) in [5.41, 5.74) is 0. The molecule has 3 nitrogen and oxygen atoms in total. The van der Waals surface area contributed by atoms with Gasteiger partial charge in [0.25, 0.3) is 0 Å². The summed E-state index contributed by atoms with van der Waals surface area (Å²) < 4.78 is 0. The van der Waals surface area contributed by atoms with Crippen molar-refractivity contribution in [2.24, 2.45) is 0 Å². The third kappa shape index (κ3) is 2.94. The largest absolute Gasteiger partial charge is 0.392 e. The lowest BCUT2D eigenvalue weighted by atomic mass is 10.2. The Hall–Kier alpha value is -0.120. The second-order valence-electron chi connectivity index (χ2n) is 4.83. The van der Waals surface area contributed by atoms with Crippen LogP contribution in [0.3, 0.4) is 0 Å². The van der Waals surface area contributed by atoms with Crippen LogP contribution >= 0.6 is 0 Å². The Morgan fingerprint density at radius 1 is 1.43 bits per heavy atom. The van der Waals surface area contributed by atoms with Crippen LogP contribution < -0.4 is 5.32 Å². The van der Waals surface area contributed by atoms with E-state index in [-0.39, 0.29) is 6.10 Å². The molecular weight excluding hydrogens is 176 g/mol. The van der Waals surface area contributed by atoms with Crippen LogP contribution in [0.15, 0.2) is 0 Å². The van der Waals surface area contributed by atoms with Gasteiger partial charge in [-0.3, -0.25) is 4.90 Å². The van der Waals surface area contributed by atoms with Crippen LogP contribution in [0.5, 0.6) is 0 Å². The minimum Gasteiger partial charge on any atom is -0.392 e. The zero-order valence-corrected chi connectivity index (χ0v) is 9.08. The number of nitrogens with zero attached hydrogens (tertiary/aromatic N) is 1. The van der Waals surface area contributed by atoms with Gasteiger partial charge < -0.3 is 10.4 Å². The van der Waals surface area contributed by atoms with E-state index in [0.29, 0.717) is 6.04 Å². The van der Waals surface area contributed by atoms with Crippen molar-refractivity contribution in [1.82, 2.24) is 10.2 Å². The summed E-state index contributed by atoms with van der Waals surface area (Å²) in [4.78, 5) is 2.47. The molecule has 2 N–H and O–H groups in total. The zero-order chi connectivity index (χ0) is 9.97. The molecule has 1 saturated heterocycles. The second kappa shape index (κ2) is 4.60. The standard InChI is InChI=1S/C11H22N2O/c1-9(14)7-13(11-4-5-11)8-10-3-2-6-12-10/h9-12,14H,2-8H2,1H3/t9-,10?/m0/s1. The third-order valence-electron chi connectivity index (χ3n) is 3.18. The van der Waals surface area contributed by atoms with Gasteiger partial charge in [-0.15, -0.1) is 0 Å². The van der Waals surface area contributed by atoms with E-state index >= 15 is 0 Å². The number of rotatable bonds is 5. The molecule has 0 bridgehead atoms. The SMILES string of the molecule is C[C@H](O)CN(CC1CCCN1)C1CC1. The first-order valence-corrected chi connectivity index (χ1v) is 5.91. The predicted octanol–water partition coefficient (Wildman–Crippen LogP) is 0.584. The van der Waals surface area contributed by atoms with E-state index in [2.05, 4.69) is 10.2 Å². The van der Waals surface area contributed by atoms with Gasteiger partial charge in [0.2, 0.25) is 0 Å². The second-order valence-corrected chi connectivity index (χ2v) is 4.83. The first-order chi connectivity index (χ1) is 6.75. The monoisotopic (exact) mass is 198 g/mol. The highest BCUT2D eigenvalue weighted by Gasteiger charge is 2.31. The van der Waals surface area contributed by atoms with E-state index in [4.69, 9.17) is 0 Å². The molecule has 2 atom stereocenters. The van der Waals surface area contributed by atoms with Gasteiger partial charge in [-0.25, -0.2) is 0 Å². The molecule has 1 unspecified atom stereocenters. The highest BCUT2D eigenvalue weighted by atomic mass is 16.3. The molecule has 14 heavy (non-hydrogen) atoms. The molecule has 0 aromatic heterocycles. The summed E-state index contributed by atoms with van der Waals surface area (Å²) in [5.74, 6) is 0. The lowest BCUT2D eigenvalue weighted by molar-refractivity contribution is 0.116. The van der Waals surface area contributed by atoms with Gasteiger partial charge in [0.1, 0.15) is 0 Å². The summed E-state index contributed by atoms with van der Waals surface area (Å²) in [7, 11) is 0. The molecule has 1 saturated carbocycles. The summed E-state index contributed by atoms with van der Waals surface area (Å²) in [6, 6.07) is 1.45. The van der Waals surface area contributed by atoms with Crippen molar-refractivity contribution in [2.75, 3.05) is 19.6 Å². The summed E-state index contributed by atoms with van der Waals surface area (Å²) in [6.45, 7) is 5.05. The van der Waals surface area contributed by atoms with Crippen LogP contribution in [0.25, 0.3) is 0 Å². The summed E-state index contributed by atoms with van der Waals surface area (Å²) in [5, 5.41) is 12.9. The van der Waals surface area contributed by atoms with Crippen LogP contribution in [0.1, 0.15) is 32.6 Å². The fraction of sp³-hybridized carbons (Fsp3) is 1.00. The highest BCUT2D eigenvalue weighted by molar-refractivity contribution is 4.88. The van der Waals surface area contributed by atoms with Crippen molar-refractivity contribution in [3.63, 3.8) is 0 Å². The van der Waals surface area contributed by atoms with Crippen LogP contribution in [0.2, 0.25) is 0 Å². The Balaban J connectivity index is 1.77. The van der Waals surface area contributed by atoms with Crippen molar-refractivity contribution in [3.8, 4) is 0 Å². The lowest BCUT2D eigenvalue weighted by Gasteiger charge is -2.26. The minimum atomic E-state index is -0.183. The van der Waals surface area contributed by atoms with E-state index in [1.807, 2.05) is 6.92 Å². The smallest absolute Gasteiger partial charge is 0.0639 e. The number of aliphatic hydroxyl groups is 1. The molecule has 0 amide bonds. The van der Waals surface area contributed by atoms with E-state index < -0.39 is 0 Å². The average molecular weight is 198 g/mol. The maximum absolute atomic E-state index is 9.41. The number of nitrogens with one attached hydrogen (secondary N) is 1. The van der Waals surface area contributed by atoms with Crippen LogP contribution in [-0.4, -0.2) is 47.8 Å². The quantitative estimate of drug-likeness (QED) is 0.678. The first-order valence-electron chi connectivity index (χ1n) is 5.91. The Bertz CT molecular complexity index is 174. The van der Waals surface area contributed by atoms with Gasteiger partial charge in [-0.2, -0.15) is 0 Å². The Morgan fingerprint density at radius 3 is 2.71 bits per heavy atom. The Kier molecular flexibility index (Phi) is 3.42. The molecule has 0 aromatic carbocycles. The minimum absolute atomic E-state index is 0.183. The molecule has 2 fully saturated rings. The fourth-order valence-electron chi connectivity index (χ4n) is 2.35. The van der Waals surface area contributed by atoms with E-state index in [0.717, 1.165) is 19.1 Å². The maximum atomic E-state index is 9.41. The number of hydrogen-bond acceptors (Lipinski definition) is 3. The van der Waals surface area contributed by atoms with E-state index in [1.54, 1.807) is 0 Å². The molecule has 0 aromatic rings. The van der Waals surface area contributed by atoms with Crippen LogP contribution in [0, 0.1) is 0 Å². The average Bonchev–Trinajstić information content (AvgIpc) is 2.85. The Morgan fingerprint density at radius 2 is 2.21 bits per heavy atom. The van der Waals surface area contributed by atoms with Gasteiger partial charge >= 0.3 is 0 Å². The third-order valence-corrected chi connectivity index (χ3v) is 3.18. The Labute approximate surface area is 86.5 Å². The molecule has 3 heteroatoms. The van der Waals surface area contributed by atoms with Gasteiger partial charge in [-0.1, -0.05) is 0 Å². The predicted molar refractivity (Wildman–Crippen MR) is 57.3 cm³/mol. The van der Waals surface area contributed by atoms with Gasteiger partial charge in [0.15, 0.2) is 0 Å². The maximum Gasteiger partial charge on any atom is 0.0639 e. The molecule has 0 spiro atoms. The van der Waals surface area contributed by atoms with Crippen molar-refractivity contribution < 1.29 is 5.11 Å².